The second-order valence-electron chi connectivity index (χ2n) is 4.47. The lowest BCUT2D eigenvalue weighted by Gasteiger charge is -2.19. The Morgan fingerprint density at radius 3 is 2.94 bits per heavy atom. The van der Waals surface area contributed by atoms with Gasteiger partial charge in [0.15, 0.2) is 0 Å². The van der Waals surface area contributed by atoms with Crippen LogP contribution in [0.1, 0.15) is 34.3 Å². The van der Waals surface area contributed by atoms with Crippen LogP contribution in [0, 0.1) is 6.92 Å². The molecule has 0 spiro atoms. The van der Waals surface area contributed by atoms with Crippen LogP contribution in [0.2, 0.25) is 0 Å². The van der Waals surface area contributed by atoms with E-state index in [-0.39, 0.29) is 0 Å². The van der Waals surface area contributed by atoms with Crippen molar-refractivity contribution in [2.45, 2.75) is 32.2 Å². The third kappa shape index (κ3) is 2.05. The molecule has 4 heteroatoms. The molecule has 1 unspecified atom stereocenters. The first-order chi connectivity index (χ1) is 8.28. The molecular formula is C13H16N2S2. The molecule has 0 saturated heterocycles. The second kappa shape index (κ2) is 4.52. The van der Waals surface area contributed by atoms with Crippen LogP contribution in [-0.2, 0) is 6.42 Å². The van der Waals surface area contributed by atoms with Crippen molar-refractivity contribution in [2.24, 2.45) is 0 Å². The zero-order valence-electron chi connectivity index (χ0n) is 10.1. The number of fused-ring (bicyclic) bond motifs is 1. The molecule has 3 rings (SSSR count). The number of nitrogens with zero attached hydrogens (tertiary/aromatic N) is 1. The Morgan fingerprint density at radius 1 is 1.35 bits per heavy atom. The predicted molar refractivity (Wildman–Crippen MR) is 74.9 cm³/mol. The van der Waals surface area contributed by atoms with E-state index in [1.165, 1.54) is 38.2 Å². The molecule has 0 fully saturated rings. The van der Waals surface area contributed by atoms with Crippen molar-refractivity contribution in [3.63, 3.8) is 0 Å². The number of thiophene rings is 1. The number of aryl methyl sites for hydroxylation is 2. The first kappa shape index (κ1) is 11.4. The van der Waals surface area contributed by atoms with E-state index in [0.717, 1.165) is 6.42 Å². The summed E-state index contributed by atoms with van der Waals surface area (Å²) in [6, 6.07) is 4.89. The van der Waals surface area contributed by atoms with Crippen LogP contribution in [0.15, 0.2) is 12.1 Å². The fourth-order valence-corrected chi connectivity index (χ4v) is 4.53. The molecule has 2 aromatic rings. The summed E-state index contributed by atoms with van der Waals surface area (Å²) < 4.78 is 0. The molecule has 2 heterocycles. The van der Waals surface area contributed by atoms with E-state index in [2.05, 4.69) is 31.4 Å². The van der Waals surface area contributed by atoms with Crippen LogP contribution in [0.25, 0.3) is 9.88 Å². The maximum absolute atomic E-state index is 4.82. The summed E-state index contributed by atoms with van der Waals surface area (Å²) in [5.41, 5.74) is 1.32. The maximum atomic E-state index is 4.82. The van der Waals surface area contributed by atoms with E-state index in [4.69, 9.17) is 4.98 Å². The van der Waals surface area contributed by atoms with Gasteiger partial charge in [0, 0.05) is 15.8 Å². The quantitative estimate of drug-likeness (QED) is 0.893. The topological polar surface area (TPSA) is 24.9 Å². The summed E-state index contributed by atoms with van der Waals surface area (Å²) >= 11 is 3.71. The predicted octanol–water partition coefficient (Wildman–Crippen LogP) is 3.78. The van der Waals surface area contributed by atoms with Crippen molar-refractivity contribution in [2.75, 3.05) is 7.05 Å². The monoisotopic (exact) mass is 264 g/mol. The Balaban J connectivity index is 2.01. The van der Waals surface area contributed by atoms with Crippen LogP contribution in [0.3, 0.4) is 0 Å². The highest BCUT2D eigenvalue weighted by atomic mass is 32.1. The standard InChI is InChI=1S/C13H16N2S2/c1-8-6-7-11(16-8)13-15-10-5-3-4-9(14-2)12(10)17-13/h6-7,9,14H,3-5H2,1-2H3. The van der Waals surface area contributed by atoms with E-state index >= 15 is 0 Å². The molecule has 0 aliphatic heterocycles. The number of nitrogens with one attached hydrogen (secondary N) is 1. The summed E-state index contributed by atoms with van der Waals surface area (Å²) in [6.45, 7) is 2.15. The Labute approximate surface area is 110 Å². The van der Waals surface area contributed by atoms with Crippen LogP contribution in [0.5, 0.6) is 0 Å². The van der Waals surface area contributed by atoms with Gasteiger partial charge in [-0.05, 0) is 45.4 Å². The zero-order chi connectivity index (χ0) is 11.8. The second-order valence-corrected chi connectivity index (χ2v) is 6.79. The first-order valence-electron chi connectivity index (χ1n) is 6.01. The SMILES string of the molecule is CNC1CCCc2nc(-c3ccc(C)s3)sc21. The van der Waals surface area contributed by atoms with Gasteiger partial charge >= 0.3 is 0 Å². The average molecular weight is 264 g/mol. The van der Waals surface area contributed by atoms with E-state index in [0.29, 0.717) is 6.04 Å². The average Bonchev–Trinajstić information content (AvgIpc) is 2.93. The summed E-state index contributed by atoms with van der Waals surface area (Å²) in [7, 11) is 2.05. The maximum Gasteiger partial charge on any atom is 0.133 e. The Morgan fingerprint density at radius 2 is 2.24 bits per heavy atom. The minimum atomic E-state index is 0.519. The van der Waals surface area contributed by atoms with Crippen LogP contribution < -0.4 is 5.32 Å². The highest BCUT2D eigenvalue weighted by Crippen LogP contribution is 2.39. The van der Waals surface area contributed by atoms with Gasteiger partial charge in [-0.1, -0.05) is 0 Å². The molecule has 0 amide bonds. The van der Waals surface area contributed by atoms with E-state index < -0.39 is 0 Å². The number of hydrogen-bond acceptors (Lipinski definition) is 4. The third-order valence-electron chi connectivity index (χ3n) is 3.25. The first-order valence-corrected chi connectivity index (χ1v) is 7.65. The largest absolute Gasteiger partial charge is 0.312 e. The van der Waals surface area contributed by atoms with Crippen molar-refractivity contribution in [1.29, 1.82) is 0 Å². The number of aromatic nitrogens is 1. The Hall–Kier alpha value is -0.710. The molecule has 1 N–H and O–H groups in total. The highest BCUT2D eigenvalue weighted by Gasteiger charge is 2.23. The smallest absolute Gasteiger partial charge is 0.133 e. The lowest BCUT2D eigenvalue weighted by Crippen LogP contribution is -2.19. The lowest BCUT2D eigenvalue weighted by molar-refractivity contribution is 0.501. The molecule has 0 aromatic carbocycles. The molecule has 17 heavy (non-hydrogen) atoms. The van der Waals surface area contributed by atoms with Gasteiger partial charge in [-0.15, -0.1) is 22.7 Å². The van der Waals surface area contributed by atoms with Crippen molar-refractivity contribution in [1.82, 2.24) is 10.3 Å². The van der Waals surface area contributed by atoms with Gasteiger partial charge in [-0.2, -0.15) is 0 Å². The molecule has 0 radical (unpaired) electrons. The number of rotatable bonds is 2. The molecule has 0 saturated carbocycles. The van der Waals surface area contributed by atoms with Crippen LogP contribution in [0.4, 0.5) is 0 Å². The van der Waals surface area contributed by atoms with Gasteiger partial charge < -0.3 is 5.32 Å². The van der Waals surface area contributed by atoms with Crippen molar-refractivity contribution >= 4 is 22.7 Å². The van der Waals surface area contributed by atoms with Gasteiger partial charge in [-0.25, -0.2) is 4.98 Å². The summed E-state index contributed by atoms with van der Waals surface area (Å²) in [5, 5.41) is 4.61. The van der Waals surface area contributed by atoms with Gasteiger partial charge in [0.05, 0.1) is 10.6 Å². The van der Waals surface area contributed by atoms with E-state index in [1.807, 2.05) is 22.7 Å². The highest BCUT2D eigenvalue weighted by molar-refractivity contribution is 7.21. The fourth-order valence-electron chi connectivity index (χ4n) is 2.35. The van der Waals surface area contributed by atoms with Gasteiger partial charge in [0.25, 0.3) is 0 Å². The van der Waals surface area contributed by atoms with E-state index in [9.17, 15) is 0 Å². The van der Waals surface area contributed by atoms with Crippen molar-refractivity contribution < 1.29 is 0 Å². The minimum Gasteiger partial charge on any atom is -0.312 e. The van der Waals surface area contributed by atoms with Crippen molar-refractivity contribution in [3.05, 3.63) is 27.6 Å². The summed E-state index contributed by atoms with van der Waals surface area (Å²) in [4.78, 5) is 8.96. The number of hydrogen-bond donors (Lipinski definition) is 1. The zero-order valence-corrected chi connectivity index (χ0v) is 11.8. The van der Waals surface area contributed by atoms with Gasteiger partial charge in [0.1, 0.15) is 5.01 Å². The molecule has 0 bridgehead atoms. The molecular weight excluding hydrogens is 248 g/mol. The van der Waals surface area contributed by atoms with Gasteiger partial charge in [0.2, 0.25) is 0 Å². The van der Waals surface area contributed by atoms with Gasteiger partial charge in [-0.3, -0.25) is 0 Å². The van der Waals surface area contributed by atoms with E-state index in [1.54, 1.807) is 0 Å². The molecule has 90 valence electrons. The summed E-state index contributed by atoms with van der Waals surface area (Å²) in [6.07, 6.45) is 3.65. The van der Waals surface area contributed by atoms with Crippen LogP contribution >= 0.6 is 22.7 Å². The van der Waals surface area contributed by atoms with Crippen LogP contribution in [-0.4, -0.2) is 12.0 Å². The molecule has 1 aliphatic rings. The molecule has 1 aliphatic carbocycles. The Bertz CT molecular complexity index is 527. The minimum absolute atomic E-state index is 0.519. The number of thiazole rings is 1. The molecule has 2 nitrogen and oxygen atoms in total. The Kier molecular flexibility index (Phi) is 3.03. The molecule has 1 atom stereocenters. The fraction of sp³-hybridized carbons (Fsp3) is 0.462. The third-order valence-corrected chi connectivity index (χ3v) is 5.63. The van der Waals surface area contributed by atoms with Crippen molar-refractivity contribution in [3.8, 4) is 9.88 Å². The molecule has 2 aromatic heterocycles. The summed E-state index contributed by atoms with van der Waals surface area (Å²) in [5.74, 6) is 0. The lowest BCUT2D eigenvalue weighted by atomic mass is 9.98. The normalized spacial score (nSPS) is 19.3.